The molecule has 3 rings (SSSR count). The third kappa shape index (κ3) is 1.95. The minimum atomic E-state index is -0.152. The quantitative estimate of drug-likeness (QED) is 0.818. The van der Waals surface area contributed by atoms with E-state index in [1.165, 1.54) is 6.20 Å². The van der Waals surface area contributed by atoms with Gasteiger partial charge >= 0.3 is 0 Å². The first kappa shape index (κ1) is 11.5. The number of aromatic nitrogens is 1. The third-order valence-electron chi connectivity index (χ3n) is 3.74. The summed E-state index contributed by atoms with van der Waals surface area (Å²) in [6.07, 6.45) is 5.11. The van der Waals surface area contributed by atoms with Crippen LogP contribution in [-0.4, -0.2) is 29.1 Å². The number of ether oxygens (including phenoxy) is 1. The highest BCUT2D eigenvalue weighted by atomic mass is 16.5. The molecule has 0 saturated carbocycles. The van der Waals surface area contributed by atoms with Gasteiger partial charge in [0.05, 0.1) is 23.8 Å². The average molecular weight is 247 g/mol. The summed E-state index contributed by atoms with van der Waals surface area (Å²) >= 11 is 0. The summed E-state index contributed by atoms with van der Waals surface area (Å²) in [5.41, 5.74) is 7.58. The van der Waals surface area contributed by atoms with Gasteiger partial charge in [0, 0.05) is 17.6 Å². The van der Waals surface area contributed by atoms with Crippen LogP contribution in [0.5, 0.6) is 0 Å². The SMILES string of the molecule is Cc1cc(N)c(C(=O)NC2CC3CCC2O3)cn1. The van der Waals surface area contributed by atoms with Gasteiger partial charge in [-0.2, -0.15) is 0 Å². The number of amides is 1. The van der Waals surface area contributed by atoms with Gasteiger partial charge in [-0.15, -0.1) is 0 Å². The molecule has 96 valence electrons. The number of pyridine rings is 1. The van der Waals surface area contributed by atoms with E-state index in [9.17, 15) is 4.79 Å². The van der Waals surface area contributed by atoms with Crippen LogP contribution in [0.15, 0.2) is 12.3 Å². The zero-order valence-corrected chi connectivity index (χ0v) is 10.3. The Labute approximate surface area is 106 Å². The second-order valence-corrected chi connectivity index (χ2v) is 5.10. The van der Waals surface area contributed by atoms with Gasteiger partial charge in [-0.25, -0.2) is 0 Å². The average Bonchev–Trinajstić information content (AvgIpc) is 2.90. The number of carbonyl (C=O) groups excluding carboxylic acids is 1. The summed E-state index contributed by atoms with van der Waals surface area (Å²) in [4.78, 5) is 16.2. The molecule has 0 aromatic carbocycles. The van der Waals surface area contributed by atoms with Crippen LogP contribution >= 0.6 is 0 Å². The standard InChI is InChI=1S/C13H17N3O2/c1-7-4-10(14)9(6-15-7)13(17)16-11-5-8-2-3-12(11)18-8/h4,6,8,11-12H,2-3,5H2,1H3,(H2,14,15)(H,16,17). The van der Waals surface area contributed by atoms with Crippen molar-refractivity contribution < 1.29 is 9.53 Å². The van der Waals surface area contributed by atoms with Gasteiger partial charge < -0.3 is 15.8 Å². The predicted molar refractivity (Wildman–Crippen MR) is 67.2 cm³/mol. The second-order valence-electron chi connectivity index (χ2n) is 5.10. The van der Waals surface area contributed by atoms with E-state index >= 15 is 0 Å². The minimum Gasteiger partial charge on any atom is -0.398 e. The number of nitrogens with two attached hydrogens (primary N) is 1. The number of fused-ring (bicyclic) bond motifs is 2. The first-order valence-electron chi connectivity index (χ1n) is 6.32. The van der Waals surface area contributed by atoms with Crippen molar-refractivity contribution in [1.82, 2.24) is 10.3 Å². The van der Waals surface area contributed by atoms with E-state index in [4.69, 9.17) is 10.5 Å². The van der Waals surface area contributed by atoms with Crippen LogP contribution in [0.25, 0.3) is 0 Å². The molecule has 1 aromatic rings. The lowest BCUT2D eigenvalue weighted by atomic mass is 9.95. The summed E-state index contributed by atoms with van der Waals surface area (Å²) in [5, 5.41) is 3.00. The van der Waals surface area contributed by atoms with E-state index in [-0.39, 0.29) is 18.1 Å². The molecule has 5 heteroatoms. The topological polar surface area (TPSA) is 77.2 Å². The summed E-state index contributed by atoms with van der Waals surface area (Å²) in [6.45, 7) is 1.85. The van der Waals surface area contributed by atoms with E-state index in [1.54, 1.807) is 6.07 Å². The third-order valence-corrected chi connectivity index (χ3v) is 3.74. The van der Waals surface area contributed by atoms with E-state index in [0.717, 1.165) is 25.0 Å². The van der Waals surface area contributed by atoms with E-state index in [2.05, 4.69) is 10.3 Å². The van der Waals surface area contributed by atoms with Gasteiger partial charge in [0.25, 0.3) is 5.91 Å². The van der Waals surface area contributed by atoms with Gasteiger partial charge in [-0.3, -0.25) is 9.78 Å². The summed E-state index contributed by atoms with van der Waals surface area (Å²) in [5.74, 6) is -0.152. The van der Waals surface area contributed by atoms with Crippen molar-refractivity contribution in [3.8, 4) is 0 Å². The van der Waals surface area contributed by atoms with Gasteiger partial charge in [0.2, 0.25) is 0 Å². The van der Waals surface area contributed by atoms with Crippen molar-refractivity contribution in [1.29, 1.82) is 0 Å². The molecule has 2 aliphatic heterocycles. The van der Waals surface area contributed by atoms with Gasteiger partial charge in [0.15, 0.2) is 0 Å². The van der Waals surface area contributed by atoms with Crippen LogP contribution < -0.4 is 11.1 Å². The Balaban J connectivity index is 1.71. The Morgan fingerprint density at radius 1 is 1.56 bits per heavy atom. The summed E-state index contributed by atoms with van der Waals surface area (Å²) in [7, 11) is 0. The van der Waals surface area contributed by atoms with Crippen LogP contribution in [0.1, 0.15) is 35.3 Å². The van der Waals surface area contributed by atoms with Gasteiger partial charge in [0.1, 0.15) is 0 Å². The first-order chi connectivity index (χ1) is 8.63. The number of nitrogens with zero attached hydrogens (tertiary/aromatic N) is 1. The highest BCUT2D eigenvalue weighted by Gasteiger charge is 2.41. The molecule has 3 atom stereocenters. The Kier molecular flexibility index (Phi) is 2.70. The summed E-state index contributed by atoms with van der Waals surface area (Å²) < 4.78 is 5.71. The molecule has 2 fully saturated rings. The highest BCUT2D eigenvalue weighted by molar-refractivity contribution is 5.99. The van der Waals surface area contributed by atoms with Crippen molar-refractivity contribution in [3.05, 3.63) is 23.5 Å². The van der Waals surface area contributed by atoms with Crippen molar-refractivity contribution in [2.45, 2.75) is 44.4 Å². The maximum Gasteiger partial charge on any atom is 0.255 e. The number of aryl methyl sites for hydroxylation is 1. The zero-order valence-electron chi connectivity index (χ0n) is 10.3. The fraction of sp³-hybridized carbons (Fsp3) is 0.538. The van der Waals surface area contributed by atoms with Crippen LogP contribution in [-0.2, 0) is 4.74 Å². The lowest BCUT2D eigenvalue weighted by Gasteiger charge is -2.20. The number of anilines is 1. The lowest BCUT2D eigenvalue weighted by Crippen LogP contribution is -2.41. The maximum atomic E-state index is 12.1. The number of rotatable bonds is 2. The van der Waals surface area contributed by atoms with Crippen LogP contribution in [0.3, 0.4) is 0 Å². The van der Waals surface area contributed by atoms with Crippen LogP contribution in [0.4, 0.5) is 5.69 Å². The molecule has 0 aliphatic carbocycles. The Hall–Kier alpha value is -1.62. The molecule has 1 amide bonds. The molecule has 3 unspecified atom stereocenters. The molecular weight excluding hydrogens is 230 g/mol. The molecule has 2 saturated heterocycles. The van der Waals surface area contributed by atoms with Crippen molar-refractivity contribution >= 4 is 11.6 Å². The van der Waals surface area contributed by atoms with E-state index < -0.39 is 0 Å². The molecule has 3 N–H and O–H groups in total. The molecule has 2 bridgehead atoms. The molecule has 5 nitrogen and oxygen atoms in total. The van der Waals surface area contributed by atoms with Crippen LogP contribution in [0.2, 0.25) is 0 Å². The smallest absolute Gasteiger partial charge is 0.255 e. The first-order valence-corrected chi connectivity index (χ1v) is 6.32. The lowest BCUT2D eigenvalue weighted by molar-refractivity contribution is 0.0841. The number of carbonyl (C=O) groups is 1. The Morgan fingerprint density at radius 3 is 3.00 bits per heavy atom. The number of nitrogen functional groups attached to an aromatic ring is 1. The molecule has 0 radical (unpaired) electrons. The van der Waals surface area contributed by atoms with Crippen molar-refractivity contribution in [2.75, 3.05) is 5.73 Å². The van der Waals surface area contributed by atoms with Gasteiger partial charge in [-0.1, -0.05) is 0 Å². The number of hydrogen-bond donors (Lipinski definition) is 2. The number of nitrogens with one attached hydrogen (secondary N) is 1. The molecular formula is C13H17N3O2. The van der Waals surface area contributed by atoms with Crippen molar-refractivity contribution in [2.24, 2.45) is 0 Å². The molecule has 18 heavy (non-hydrogen) atoms. The highest BCUT2D eigenvalue weighted by Crippen LogP contribution is 2.34. The predicted octanol–water partition coefficient (Wildman–Crippen LogP) is 1.02. The molecule has 3 heterocycles. The second kappa shape index (κ2) is 4.24. The van der Waals surface area contributed by atoms with Crippen molar-refractivity contribution in [3.63, 3.8) is 0 Å². The van der Waals surface area contributed by atoms with Gasteiger partial charge in [-0.05, 0) is 32.3 Å². The Morgan fingerprint density at radius 2 is 2.39 bits per heavy atom. The minimum absolute atomic E-state index is 0.122. The zero-order chi connectivity index (χ0) is 12.7. The Bertz CT molecular complexity index is 489. The van der Waals surface area contributed by atoms with Crippen LogP contribution in [0, 0.1) is 6.92 Å². The normalized spacial score (nSPS) is 29.5. The maximum absolute atomic E-state index is 12.1. The fourth-order valence-corrected chi connectivity index (χ4v) is 2.81. The largest absolute Gasteiger partial charge is 0.398 e. The number of hydrogen-bond acceptors (Lipinski definition) is 4. The molecule has 0 spiro atoms. The monoisotopic (exact) mass is 247 g/mol. The molecule has 1 aromatic heterocycles. The van der Waals surface area contributed by atoms with E-state index in [1.807, 2.05) is 6.92 Å². The van der Waals surface area contributed by atoms with E-state index in [0.29, 0.717) is 17.4 Å². The summed E-state index contributed by atoms with van der Waals surface area (Å²) in [6, 6.07) is 1.84. The fourth-order valence-electron chi connectivity index (χ4n) is 2.81. The molecule has 2 aliphatic rings.